The molecule has 7 heteroatoms. The van der Waals surface area contributed by atoms with E-state index < -0.39 is 0 Å². The Morgan fingerprint density at radius 1 is 1.05 bits per heavy atom. The van der Waals surface area contributed by atoms with Crippen LogP contribution >= 0.6 is 50.5 Å². The molecule has 0 saturated heterocycles. The number of thiazole rings is 1. The molecule has 0 N–H and O–H groups in total. The lowest BCUT2D eigenvalue weighted by Gasteiger charge is -2.09. The van der Waals surface area contributed by atoms with Crippen LogP contribution in [0.15, 0.2) is 40.3 Å². The molecule has 0 atom stereocenters. The van der Waals surface area contributed by atoms with E-state index >= 15 is 0 Å². The summed E-state index contributed by atoms with van der Waals surface area (Å²) >= 11 is 17.5. The number of rotatable bonds is 2. The third-order valence-electron chi connectivity index (χ3n) is 2.59. The van der Waals surface area contributed by atoms with E-state index in [0.717, 1.165) is 10.0 Å². The van der Waals surface area contributed by atoms with Crippen LogP contribution in [-0.2, 0) is 0 Å². The SMILES string of the molecule is Clc1nc(-c2nccs2)nc(Cl)c1-c1ccccc1Br. The van der Waals surface area contributed by atoms with Gasteiger partial charge in [0, 0.05) is 21.6 Å². The number of nitrogens with zero attached hydrogens (tertiary/aromatic N) is 3. The van der Waals surface area contributed by atoms with E-state index in [1.165, 1.54) is 11.3 Å². The van der Waals surface area contributed by atoms with Gasteiger partial charge in [-0.2, -0.15) is 0 Å². The third kappa shape index (κ3) is 2.59. The number of benzene rings is 1. The van der Waals surface area contributed by atoms with Crippen LogP contribution in [0.1, 0.15) is 0 Å². The molecule has 0 radical (unpaired) electrons. The van der Waals surface area contributed by atoms with E-state index in [0.29, 0.717) is 26.7 Å². The Kier molecular flexibility index (Phi) is 4.03. The van der Waals surface area contributed by atoms with Crippen molar-refractivity contribution < 1.29 is 0 Å². The minimum absolute atomic E-state index is 0.308. The summed E-state index contributed by atoms with van der Waals surface area (Å²) < 4.78 is 0.884. The number of hydrogen-bond donors (Lipinski definition) is 0. The van der Waals surface area contributed by atoms with Gasteiger partial charge in [0.05, 0.1) is 5.56 Å². The van der Waals surface area contributed by atoms with Gasteiger partial charge in [-0.25, -0.2) is 15.0 Å². The summed E-state index contributed by atoms with van der Waals surface area (Å²) in [5, 5.41) is 3.15. The van der Waals surface area contributed by atoms with Crippen molar-refractivity contribution in [2.24, 2.45) is 0 Å². The van der Waals surface area contributed by atoms with Crippen molar-refractivity contribution in [2.75, 3.05) is 0 Å². The van der Waals surface area contributed by atoms with Gasteiger partial charge in [-0.05, 0) is 6.07 Å². The van der Waals surface area contributed by atoms with Gasteiger partial charge >= 0.3 is 0 Å². The van der Waals surface area contributed by atoms with Gasteiger partial charge in [0.15, 0.2) is 10.8 Å². The fraction of sp³-hybridized carbons (Fsp3) is 0. The molecule has 0 bridgehead atoms. The second kappa shape index (κ2) is 5.77. The molecule has 0 amide bonds. The first-order valence-corrected chi connectivity index (χ1v) is 7.97. The average molecular weight is 387 g/mol. The summed E-state index contributed by atoms with van der Waals surface area (Å²) in [4.78, 5) is 12.7. The summed E-state index contributed by atoms with van der Waals surface area (Å²) in [7, 11) is 0. The van der Waals surface area contributed by atoms with Crippen LogP contribution in [0.3, 0.4) is 0 Å². The molecule has 0 fully saturated rings. The minimum Gasteiger partial charge on any atom is -0.241 e. The van der Waals surface area contributed by atoms with Gasteiger partial charge in [0.2, 0.25) is 0 Å². The molecule has 3 aromatic rings. The van der Waals surface area contributed by atoms with Crippen molar-refractivity contribution in [1.82, 2.24) is 15.0 Å². The zero-order chi connectivity index (χ0) is 14.1. The molecule has 20 heavy (non-hydrogen) atoms. The quantitative estimate of drug-likeness (QED) is 0.558. The van der Waals surface area contributed by atoms with E-state index in [2.05, 4.69) is 30.9 Å². The Bertz CT molecular complexity index is 739. The molecule has 0 aliphatic heterocycles. The van der Waals surface area contributed by atoms with Gasteiger partial charge in [0.1, 0.15) is 10.3 Å². The fourth-order valence-corrected chi connectivity index (χ4v) is 3.37. The molecular formula is C13H6BrCl2N3S. The molecule has 0 aliphatic rings. The maximum Gasteiger partial charge on any atom is 0.191 e. The van der Waals surface area contributed by atoms with Crippen LogP contribution in [0.25, 0.3) is 22.0 Å². The van der Waals surface area contributed by atoms with E-state index in [9.17, 15) is 0 Å². The first kappa shape index (κ1) is 13.9. The summed E-state index contributed by atoms with van der Waals surface area (Å²) in [5.74, 6) is 0.436. The standard InChI is InChI=1S/C13H6BrCl2N3S/c14-8-4-2-1-3-7(8)9-10(15)18-12(19-11(9)16)13-17-5-6-20-13/h1-6H. The minimum atomic E-state index is 0.308. The molecule has 0 saturated carbocycles. The van der Waals surface area contributed by atoms with Crippen molar-refractivity contribution in [2.45, 2.75) is 0 Å². The molecule has 0 spiro atoms. The summed E-state index contributed by atoms with van der Waals surface area (Å²) in [6, 6.07) is 7.64. The zero-order valence-corrected chi connectivity index (χ0v) is 13.8. The Morgan fingerprint density at radius 2 is 1.75 bits per heavy atom. The molecular weight excluding hydrogens is 381 g/mol. The smallest absolute Gasteiger partial charge is 0.191 e. The van der Waals surface area contributed by atoms with Crippen molar-refractivity contribution in [3.63, 3.8) is 0 Å². The van der Waals surface area contributed by atoms with Gasteiger partial charge in [0.25, 0.3) is 0 Å². The molecule has 0 unspecified atom stereocenters. The van der Waals surface area contributed by atoms with Crippen LogP contribution in [0.4, 0.5) is 0 Å². The Hall–Kier alpha value is -1.01. The second-order valence-electron chi connectivity index (χ2n) is 3.82. The van der Waals surface area contributed by atoms with Crippen LogP contribution in [-0.4, -0.2) is 15.0 Å². The Balaban J connectivity index is 2.17. The van der Waals surface area contributed by atoms with Crippen molar-refractivity contribution in [1.29, 1.82) is 0 Å². The van der Waals surface area contributed by atoms with E-state index in [1.54, 1.807) is 6.20 Å². The topological polar surface area (TPSA) is 38.7 Å². The molecule has 100 valence electrons. The average Bonchev–Trinajstić information content (AvgIpc) is 2.94. The number of halogens is 3. The van der Waals surface area contributed by atoms with Gasteiger partial charge < -0.3 is 0 Å². The summed E-state index contributed by atoms with van der Waals surface area (Å²) in [5.41, 5.74) is 1.47. The highest BCUT2D eigenvalue weighted by molar-refractivity contribution is 9.10. The monoisotopic (exact) mass is 385 g/mol. The molecule has 1 aromatic carbocycles. The molecule has 2 heterocycles. The van der Waals surface area contributed by atoms with Gasteiger partial charge in [-0.1, -0.05) is 57.3 Å². The molecule has 3 rings (SSSR count). The zero-order valence-electron chi connectivity index (χ0n) is 9.85. The van der Waals surface area contributed by atoms with Crippen LogP contribution in [0, 0.1) is 0 Å². The summed E-state index contributed by atoms with van der Waals surface area (Å²) in [6.07, 6.45) is 1.69. The highest BCUT2D eigenvalue weighted by Gasteiger charge is 2.17. The molecule has 3 nitrogen and oxygen atoms in total. The lowest BCUT2D eigenvalue weighted by molar-refractivity contribution is 1.16. The van der Waals surface area contributed by atoms with Gasteiger partial charge in [-0.15, -0.1) is 11.3 Å². The third-order valence-corrected chi connectivity index (χ3v) is 4.60. The second-order valence-corrected chi connectivity index (χ2v) is 6.29. The lowest BCUT2D eigenvalue weighted by Crippen LogP contribution is -1.94. The van der Waals surface area contributed by atoms with Crippen LogP contribution in [0.5, 0.6) is 0 Å². The first-order chi connectivity index (χ1) is 9.66. The highest BCUT2D eigenvalue weighted by Crippen LogP contribution is 2.37. The molecule has 0 aliphatic carbocycles. The van der Waals surface area contributed by atoms with Crippen molar-refractivity contribution >= 4 is 50.5 Å². The number of aromatic nitrogens is 3. The van der Waals surface area contributed by atoms with E-state index in [-0.39, 0.29) is 0 Å². The largest absolute Gasteiger partial charge is 0.241 e. The normalized spacial score (nSPS) is 10.8. The predicted octanol–water partition coefficient (Wildman–Crippen LogP) is 5.34. The lowest BCUT2D eigenvalue weighted by atomic mass is 10.1. The molecule has 2 aromatic heterocycles. The number of hydrogen-bond acceptors (Lipinski definition) is 4. The van der Waals surface area contributed by atoms with Crippen molar-refractivity contribution in [3.05, 3.63) is 50.6 Å². The van der Waals surface area contributed by atoms with Crippen LogP contribution < -0.4 is 0 Å². The Morgan fingerprint density at radius 3 is 2.35 bits per heavy atom. The predicted molar refractivity (Wildman–Crippen MR) is 86.3 cm³/mol. The van der Waals surface area contributed by atoms with Gasteiger partial charge in [-0.3, -0.25) is 0 Å². The highest BCUT2D eigenvalue weighted by atomic mass is 79.9. The maximum absolute atomic E-state index is 6.28. The van der Waals surface area contributed by atoms with Crippen molar-refractivity contribution in [3.8, 4) is 22.0 Å². The fourth-order valence-electron chi connectivity index (χ4n) is 1.72. The Labute approximate surface area is 137 Å². The van der Waals surface area contributed by atoms with Crippen LogP contribution in [0.2, 0.25) is 10.3 Å². The van der Waals surface area contributed by atoms with E-state index in [1.807, 2.05) is 29.6 Å². The summed E-state index contributed by atoms with van der Waals surface area (Å²) in [6.45, 7) is 0. The first-order valence-electron chi connectivity index (χ1n) is 5.54. The van der Waals surface area contributed by atoms with E-state index in [4.69, 9.17) is 23.2 Å². The maximum atomic E-state index is 6.28.